The third-order valence-electron chi connectivity index (χ3n) is 3.02. The average Bonchev–Trinajstić information content (AvgIpc) is 2.39. The fourth-order valence-electron chi connectivity index (χ4n) is 1.91. The van der Waals surface area contributed by atoms with Crippen molar-refractivity contribution in [3.8, 4) is 0 Å². The van der Waals surface area contributed by atoms with E-state index in [-0.39, 0.29) is 31.8 Å². The molecule has 1 aromatic heterocycles. The number of carbonyl (C=O) groups excluding carboxylic acids is 1. The largest absolute Gasteiger partial charge is 0.355 e. The Morgan fingerprint density at radius 2 is 1.95 bits per heavy atom. The minimum atomic E-state index is -2.65. The summed E-state index contributed by atoms with van der Waals surface area (Å²) in [7, 11) is 0. The van der Waals surface area contributed by atoms with E-state index in [9.17, 15) is 13.6 Å². The Morgan fingerprint density at radius 1 is 1.37 bits per heavy atom. The summed E-state index contributed by atoms with van der Waals surface area (Å²) in [6.45, 7) is 2.74. The lowest BCUT2D eigenvalue weighted by molar-refractivity contribution is -0.0494. The monoisotopic (exact) mass is 270 g/mol. The first-order chi connectivity index (χ1) is 9.02. The molecule has 0 radical (unpaired) electrons. The highest BCUT2D eigenvalue weighted by molar-refractivity contribution is 5.93. The molecule has 0 aromatic carbocycles. The number of hydrogen-bond donors (Lipinski definition) is 1. The zero-order valence-corrected chi connectivity index (χ0v) is 10.7. The van der Waals surface area contributed by atoms with Crippen molar-refractivity contribution in [2.24, 2.45) is 0 Å². The van der Waals surface area contributed by atoms with Gasteiger partial charge in [0.1, 0.15) is 0 Å². The standard InChI is InChI=1S/C12H16F2N4O/c1-2-15-11-16-7-9(8-17-11)10(19)18-5-3-12(13,14)4-6-18/h7-8H,2-6H2,1H3,(H,15,16,17). The number of likely N-dealkylation sites (tertiary alicyclic amines) is 1. The fourth-order valence-corrected chi connectivity index (χ4v) is 1.91. The van der Waals surface area contributed by atoms with Crippen LogP contribution < -0.4 is 5.32 Å². The maximum absolute atomic E-state index is 13.0. The molecular weight excluding hydrogens is 254 g/mol. The maximum Gasteiger partial charge on any atom is 0.256 e. The number of alkyl halides is 2. The molecular formula is C12H16F2N4O. The minimum Gasteiger partial charge on any atom is -0.355 e. The molecule has 0 atom stereocenters. The molecule has 7 heteroatoms. The first-order valence-electron chi connectivity index (χ1n) is 6.25. The summed E-state index contributed by atoms with van der Waals surface area (Å²) in [6, 6.07) is 0. The van der Waals surface area contributed by atoms with Crippen molar-refractivity contribution in [2.45, 2.75) is 25.7 Å². The molecule has 19 heavy (non-hydrogen) atoms. The van der Waals surface area contributed by atoms with Crippen LogP contribution in [-0.2, 0) is 0 Å². The van der Waals surface area contributed by atoms with Crippen molar-refractivity contribution in [3.05, 3.63) is 18.0 Å². The van der Waals surface area contributed by atoms with Crippen LogP contribution in [0.2, 0.25) is 0 Å². The number of rotatable bonds is 3. The Labute approximate surface area is 110 Å². The summed E-state index contributed by atoms with van der Waals surface area (Å²) in [5, 5.41) is 2.92. The summed E-state index contributed by atoms with van der Waals surface area (Å²) in [4.78, 5) is 21.5. The van der Waals surface area contributed by atoms with Crippen LogP contribution in [0, 0.1) is 0 Å². The van der Waals surface area contributed by atoms with Gasteiger partial charge >= 0.3 is 0 Å². The molecule has 0 spiro atoms. The van der Waals surface area contributed by atoms with E-state index in [0.29, 0.717) is 18.1 Å². The number of carbonyl (C=O) groups is 1. The Morgan fingerprint density at radius 3 is 2.47 bits per heavy atom. The van der Waals surface area contributed by atoms with Crippen LogP contribution in [0.3, 0.4) is 0 Å². The van der Waals surface area contributed by atoms with Gasteiger partial charge in [0.2, 0.25) is 5.95 Å². The Balaban J connectivity index is 2.00. The van der Waals surface area contributed by atoms with E-state index < -0.39 is 5.92 Å². The normalized spacial score (nSPS) is 18.2. The third-order valence-corrected chi connectivity index (χ3v) is 3.02. The minimum absolute atomic E-state index is 0.0702. The molecule has 0 unspecified atom stereocenters. The smallest absolute Gasteiger partial charge is 0.256 e. The lowest BCUT2D eigenvalue weighted by Gasteiger charge is -2.31. The van der Waals surface area contributed by atoms with Gasteiger partial charge in [-0.25, -0.2) is 18.7 Å². The molecule has 1 fully saturated rings. The Kier molecular flexibility index (Phi) is 3.92. The van der Waals surface area contributed by atoms with Gasteiger partial charge in [-0.15, -0.1) is 0 Å². The summed E-state index contributed by atoms with van der Waals surface area (Å²) in [6.07, 6.45) is 2.27. The second kappa shape index (κ2) is 5.46. The van der Waals surface area contributed by atoms with E-state index in [0.717, 1.165) is 0 Å². The number of nitrogens with one attached hydrogen (secondary N) is 1. The number of anilines is 1. The second-order valence-electron chi connectivity index (χ2n) is 4.47. The lowest BCUT2D eigenvalue weighted by Crippen LogP contribution is -2.42. The van der Waals surface area contributed by atoms with Gasteiger partial charge in [0, 0.05) is 44.9 Å². The fraction of sp³-hybridized carbons (Fsp3) is 0.583. The summed E-state index contributed by atoms with van der Waals surface area (Å²) in [5.74, 6) is -2.50. The zero-order valence-electron chi connectivity index (χ0n) is 10.7. The van der Waals surface area contributed by atoms with Gasteiger partial charge in [-0.2, -0.15) is 0 Å². The number of hydrogen-bond acceptors (Lipinski definition) is 4. The first kappa shape index (κ1) is 13.6. The van der Waals surface area contributed by atoms with E-state index in [1.54, 1.807) is 0 Å². The lowest BCUT2D eigenvalue weighted by atomic mass is 10.1. The topological polar surface area (TPSA) is 58.1 Å². The highest BCUT2D eigenvalue weighted by atomic mass is 19.3. The molecule has 1 amide bonds. The second-order valence-corrected chi connectivity index (χ2v) is 4.47. The van der Waals surface area contributed by atoms with Crippen molar-refractivity contribution in [1.82, 2.24) is 14.9 Å². The number of aromatic nitrogens is 2. The van der Waals surface area contributed by atoms with Crippen molar-refractivity contribution >= 4 is 11.9 Å². The van der Waals surface area contributed by atoms with Crippen LogP contribution in [-0.4, -0.2) is 46.3 Å². The van der Waals surface area contributed by atoms with E-state index in [1.165, 1.54) is 17.3 Å². The predicted molar refractivity (Wildman–Crippen MR) is 66.3 cm³/mol. The van der Waals surface area contributed by atoms with E-state index in [2.05, 4.69) is 15.3 Å². The molecule has 0 aliphatic carbocycles. The molecule has 1 aliphatic heterocycles. The number of halogens is 2. The van der Waals surface area contributed by atoms with Crippen LogP contribution >= 0.6 is 0 Å². The number of nitrogens with zero attached hydrogens (tertiary/aromatic N) is 3. The van der Waals surface area contributed by atoms with Gasteiger partial charge in [-0.05, 0) is 6.92 Å². The molecule has 2 heterocycles. The van der Waals surface area contributed by atoms with Gasteiger partial charge in [0.15, 0.2) is 0 Å². The molecule has 1 aliphatic rings. The van der Waals surface area contributed by atoms with E-state index >= 15 is 0 Å². The SMILES string of the molecule is CCNc1ncc(C(=O)N2CCC(F)(F)CC2)cn1. The predicted octanol–water partition coefficient (Wildman–Crippen LogP) is 1.78. The molecule has 1 N–H and O–H groups in total. The van der Waals surface area contributed by atoms with Gasteiger partial charge in [-0.1, -0.05) is 0 Å². The van der Waals surface area contributed by atoms with Crippen molar-refractivity contribution in [2.75, 3.05) is 25.0 Å². The zero-order chi connectivity index (χ0) is 13.9. The molecule has 104 valence electrons. The third kappa shape index (κ3) is 3.36. The van der Waals surface area contributed by atoms with Gasteiger partial charge in [0.05, 0.1) is 5.56 Å². The first-order valence-corrected chi connectivity index (χ1v) is 6.25. The van der Waals surface area contributed by atoms with E-state index in [4.69, 9.17) is 0 Å². The molecule has 0 bridgehead atoms. The molecule has 5 nitrogen and oxygen atoms in total. The van der Waals surface area contributed by atoms with E-state index in [1.807, 2.05) is 6.92 Å². The number of piperidine rings is 1. The van der Waals surface area contributed by atoms with Crippen molar-refractivity contribution < 1.29 is 13.6 Å². The Hall–Kier alpha value is -1.79. The summed E-state index contributed by atoms with van der Waals surface area (Å²) < 4.78 is 26.0. The van der Waals surface area contributed by atoms with Gasteiger partial charge in [0.25, 0.3) is 11.8 Å². The van der Waals surface area contributed by atoms with Gasteiger partial charge in [-0.3, -0.25) is 4.79 Å². The maximum atomic E-state index is 13.0. The number of amides is 1. The summed E-state index contributed by atoms with van der Waals surface area (Å²) >= 11 is 0. The summed E-state index contributed by atoms with van der Waals surface area (Å²) in [5.41, 5.74) is 0.326. The van der Waals surface area contributed by atoms with Crippen LogP contribution in [0.25, 0.3) is 0 Å². The van der Waals surface area contributed by atoms with Crippen LogP contribution in [0.5, 0.6) is 0 Å². The Bertz CT molecular complexity index is 440. The molecule has 2 rings (SSSR count). The van der Waals surface area contributed by atoms with Gasteiger partial charge < -0.3 is 10.2 Å². The highest BCUT2D eigenvalue weighted by Crippen LogP contribution is 2.28. The average molecular weight is 270 g/mol. The van der Waals surface area contributed by atoms with Crippen molar-refractivity contribution in [3.63, 3.8) is 0 Å². The van der Waals surface area contributed by atoms with Crippen LogP contribution in [0.4, 0.5) is 14.7 Å². The van der Waals surface area contributed by atoms with Crippen molar-refractivity contribution in [1.29, 1.82) is 0 Å². The molecule has 0 saturated carbocycles. The quantitative estimate of drug-likeness (QED) is 0.909. The molecule has 1 saturated heterocycles. The highest BCUT2D eigenvalue weighted by Gasteiger charge is 2.35. The molecule has 1 aromatic rings. The van der Waals surface area contributed by atoms with Crippen LogP contribution in [0.15, 0.2) is 12.4 Å². The van der Waals surface area contributed by atoms with Crippen LogP contribution in [0.1, 0.15) is 30.1 Å².